The van der Waals surface area contributed by atoms with Gasteiger partial charge in [0.25, 0.3) is 6.43 Å². The van der Waals surface area contributed by atoms with Crippen molar-refractivity contribution in [3.05, 3.63) is 17.3 Å². The first-order chi connectivity index (χ1) is 7.45. The summed E-state index contributed by atoms with van der Waals surface area (Å²) in [5, 5.41) is 9.41. The zero-order valence-corrected chi connectivity index (χ0v) is 8.41. The first-order valence-electron chi connectivity index (χ1n) is 4.29. The molecule has 0 amide bonds. The van der Waals surface area contributed by atoms with E-state index < -0.39 is 29.7 Å². The topological polar surface area (TPSA) is 85.4 Å². The Bertz CT molecular complexity index is 410. The maximum Gasteiger partial charge on any atom is 0.310 e. The number of methoxy groups -OCH3 is 1. The van der Waals surface area contributed by atoms with Crippen molar-refractivity contribution in [2.45, 2.75) is 12.8 Å². The maximum atomic E-state index is 12.4. The van der Waals surface area contributed by atoms with Gasteiger partial charge in [0.05, 0.1) is 13.5 Å². The second-order valence-corrected chi connectivity index (χ2v) is 2.99. The van der Waals surface area contributed by atoms with Gasteiger partial charge in [0.15, 0.2) is 11.6 Å². The third-order valence-corrected chi connectivity index (χ3v) is 1.90. The molecule has 0 unspecified atom stereocenters. The van der Waals surface area contributed by atoms with Crippen molar-refractivity contribution in [3.63, 3.8) is 0 Å². The molecule has 0 aliphatic carbocycles. The van der Waals surface area contributed by atoms with Crippen LogP contribution in [0.1, 0.15) is 17.7 Å². The molecule has 0 spiro atoms. The summed E-state index contributed by atoms with van der Waals surface area (Å²) >= 11 is 0. The van der Waals surface area contributed by atoms with Gasteiger partial charge in [-0.05, 0) is 6.07 Å². The summed E-state index contributed by atoms with van der Waals surface area (Å²) < 4.78 is 29.1. The number of hydrogen-bond acceptors (Lipinski definition) is 5. The number of nitrogen functional groups attached to an aromatic ring is 1. The molecule has 88 valence electrons. The number of anilines is 1. The van der Waals surface area contributed by atoms with E-state index in [2.05, 4.69) is 9.72 Å². The van der Waals surface area contributed by atoms with Crippen molar-refractivity contribution < 1.29 is 23.4 Å². The van der Waals surface area contributed by atoms with Gasteiger partial charge < -0.3 is 15.6 Å². The van der Waals surface area contributed by atoms with Gasteiger partial charge in [0, 0.05) is 5.56 Å². The molecular formula is C9H10F2N2O3. The predicted molar refractivity (Wildman–Crippen MR) is 51.0 cm³/mol. The average molecular weight is 232 g/mol. The molecule has 1 aromatic heterocycles. The van der Waals surface area contributed by atoms with Crippen LogP contribution in [-0.4, -0.2) is 23.2 Å². The zero-order valence-electron chi connectivity index (χ0n) is 8.41. The van der Waals surface area contributed by atoms with Gasteiger partial charge in [-0.1, -0.05) is 0 Å². The molecule has 0 fully saturated rings. The van der Waals surface area contributed by atoms with Crippen LogP contribution in [-0.2, 0) is 16.0 Å². The SMILES string of the molecule is COC(=O)Cc1cc(C(F)F)nc(N)c1O. The minimum absolute atomic E-state index is 0.0327. The summed E-state index contributed by atoms with van der Waals surface area (Å²) in [4.78, 5) is 14.2. The van der Waals surface area contributed by atoms with E-state index in [9.17, 15) is 18.7 Å². The standard InChI is InChI=1S/C9H10F2N2O3/c1-16-6(14)3-4-2-5(8(10)11)13-9(12)7(4)15/h2,8,15H,3H2,1H3,(H2,12,13). The number of halogens is 2. The van der Waals surface area contributed by atoms with Crippen molar-refractivity contribution in [2.75, 3.05) is 12.8 Å². The Morgan fingerprint density at radius 2 is 2.31 bits per heavy atom. The number of pyridine rings is 1. The lowest BCUT2D eigenvalue weighted by Crippen LogP contribution is -2.07. The molecule has 16 heavy (non-hydrogen) atoms. The molecule has 5 nitrogen and oxygen atoms in total. The van der Waals surface area contributed by atoms with Crippen molar-refractivity contribution in [2.24, 2.45) is 0 Å². The third-order valence-electron chi connectivity index (χ3n) is 1.90. The van der Waals surface area contributed by atoms with Gasteiger partial charge >= 0.3 is 5.97 Å². The van der Waals surface area contributed by atoms with Crippen molar-refractivity contribution in [1.82, 2.24) is 4.98 Å². The van der Waals surface area contributed by atoms with Crippen LogP contribution in [0.4, 0.5) is 14.6 Å². The lowest BCUT2D eigenvalue weighted by Gasteiger charge is -2.08. The van der Waals surface area contributed by atoms with E-state index in [1.807, 2.05) is 0 Å². The van der Waals surface area contributed by atoms with Gasteiger partial charge in [0.2, 0.25) is 0 Å². The second kappa shape index (κ2) is 4.73. The fraction of sp³-hybridized carbons (Fsp3) is 0.333. The summed E-state index contributed by atoms with van der Waals surface area (Å²) in [7, 11) is 1.15. The van der Waals surface area contributed by atoms with E-state index in [0.29, 0.717) is 0 Å². The van der Waals surface area contributed by atoms with Gasteiger partial charge in [-0.15, -0.1) is 0 Å². The number of aromatic nitrogens is 1. The average Bonchev–Trinajstić information content (AvgIpc) is 2.23. The van der Waals surface area contributed by atoms with Crippen LogP contribution >= 0.6 is 0 Å². The van der Waals surface area contributed by atoms with Gasteiger partial charge in [-0.2, -0.15) is 0 Å². The monoisotopic (exact) mass is 232 g/mol. The lowest BCUT2D eigenvalue weighted by atomic mass is 10.1. The van der Waals surface area contributed by atoms with Gasteiger partial charge in [-0.3, -0.25) is 4.79 Å². The highest BCUT2D eigenvalue weighted by Crippen LogP contribution is 2.28. The highest BCUT2D eigenvalue weighted by molar-refractivity contribution is 5.74. The zero-order chi connectivity index (χ0) is 12.3. The van der Waals surface area contributed by atoms with Crippen LogP contribution in [0.15, 0.2) is 6.07 Å². The first-order valence-corrected chi connectivity index (χ1v) is 4.29. The molecule has 0 saturated carbocycles. The van der Waals surface area contributed by atoms with E-state index in [1.54, 1.807) is 0 Å². The Morgan fingerprint density at radius 1 is 1.69 bits per heavy atom. The van der Waals surface area contributed by atoms with E-state index in [-0.39, 0.29) is 12.0 Å². The summed E-state index contributed by atoms with van der Waals surface area (Å²) in [5.74, 6) is -1.58. The van der Waals surface area contributed by atoms with E-state index in [0.717, 1.165) is 13.2 Å². The molecule has 1 aromatic rings. The summed E-state index contributed by atoms with van der Waals surface area (Å²) in [6, 6.07) is 0.924. The fourth-order valence-corrected chi connectivity index (χ4v) is 1.11. The molecule has 0 saturated heterocycles. The van der Waals surface area contributed by atoms with Crippen LogP contribution < -0.4 is 5.73 Å². The normalized spacial score (nSPS) is 10.5. The molecule has 3 N–H and O–H groups in total. The number of rotatable bonds is 3. The smallest absolute Gasteiger partial charge is 0.310 e. The minimum Gasteiger partial charge on any atom is -0.504 e. The molecule has 7 heteroatoms. The Balaban J connectivity index is 3.11. The molecule has 0 radical (unpaired) electrons. The molecule has 0 aliphatic heterocycles. The van der Waals surface area contributed by atoms with Crippen LogP contribution in [0.25, 0.3) is 0 Å². The molecule has 0 aromatic carbocycles. The number of carbonyl (C=O) groups is 1. The number of carbonyl (C=O) groups excluding carboxylic acids is 1. The third kappa shape index (κ3) is 2.56. The van der Waals surface area contributed by atoms with Gasteiger partial charge in [0.1, 0.15) is 5.69 Å². The maximum absolute atomic E-state index is 12.4. The Kier molecular flexibility index (Phi) is 3.60. The number of hydrogen-bond donors (Lipinski definition) is 2. The molecule has 0 aliphatic rings. The number of nitrogens with two attached hydrogens (primary N) is 1. The summed E-state index contributed by atoms with van der Waals surface area (Å²) in [5.41, 5.74) is 4.61. The summed E-state index contributed by atoms with van der Waals surface area (Å²) in [6.07, 6.45) is -3.16. The minimum atomic E-state index is -2.82. The van der Waals surface area contributed by atoms with Crippen LogP contribution in [0.3, 0.4) is 0 Å². The van der Waals surface area contributed by atoms with Crippen LogP contribution in [0.2, 0.25) is 0 Å². The van der Waals surface area contributed by atoms with Crippen LogP contribution in [0, 0.1) is 0 Å². The van der Waals surface area contributed by atoms with E-state index in [1.165, 1.54) is 0 Å². The van der Waals surface area contributed by atoms with Crippen LogP contribution in [0.5, 0.6) is 5.75 Å². The van der Waals surface area contributed by atoms with Crippen molar-refractivity contribution in [1.29, 1.82) is 0 Å². The van der Waals surface area contributed by atoms with E-state index >= 15 is 0 Å². The van der Waals surface area contributed by atoms with Gasteiger partial charge in [-0.25, -0.2) is 13.8 Å². The molecule has 0 bridgehead atoms. The number of nitrogens with zero attached hydrogens (tertiary/aromatic N) is 1. The van der Waals surface area contributed by atoms with Crippen molar-refractivity contribution in [3.8, 4) is 5.75 Å². The van der Waals surface area contributed by atoms with Crippen molar-refractivity contribution >= 4 is 11.8 Å². The highest BCUT2D eigenvalue weighted by atomic mass is 19.3. The quantitative estimate of drug-likeness (QED) is 0.760. The number of alkyl halides is 2. The number of aromatic hydroxyl groups is 1. The Hall–Kier alpha value is -1.92. The number of esters is 1. The highest BCUT2D eigenvalue weighted by Gasteiger charge is 2.17. The predicted octanol–water partition coefficient (Wildman–Crippen LogP) is 1.02. The lowest BCUT2D eigenvalue weighted by molar-refractivity contribution is -0.139. The molecular weight excluding hydrogens is 222 g/mol. The number of ether oxygens (including phenoxy) is 1. The molecule has 1 heterocycles. The Morgan fingerprint density at radius 3 is 2.81 bits per heavy atom. The summed E-state index contributed by atoms with van der Waals surface area (Å²) in [6.45, 7) is 0. The Labute approximate surface area is 89.9 Å². The first kappa shape index (κ1) is 12.2. The van der Waals surface area contributed by atoms with E-state index in [4.69, 9.17) is 5.73 Å². The fourth-order valence-electron chi connectivity index (χ4n) is 1.11. The molecule has 1 rings (SSSR count). The second-order valence-electron chi connectivity index (χ2n) is 2.99. The largest absolute Gasteiger partial charge is 0.504 e. The molecule has 0 atom stereocenters.